The molecule has 0 spiro atoms. The predicted octanol–water partition coefficient (Wildman–Crippen LogP) is 3.43. The monoisotopic (exact) mass is 195 g/mol. The molecule has 0 radical (unpaired) electrons. The summed E-state index contributed by atoms with van der Waals surface area (Å²) in [6.07, 6.45) is 2.43. The van der Waals surface area contributed by atoms with Crippen molar-refractivity contribution in [3.8, 4) is 0 Å². The van der Waals surface area contributed by atoms with Crippen LogP contribution in [0.3, 0.4) is 0 Å². The van der Waals surface area contributed by atoms with Gasteiger partial charge in [0.15, 0.2) is 0 Å². The van der Waals surface area contributed by atoms with Crippen LogP contribution in [0.2, 0.25) is 0 Å². The number of aryl methyl sites for hydroxylation is 1. The molecule has 0 amide bonds. The zero-order chi connectivity index (χ0) is 10.6. The highest BCUT2D eigenvalue weighted by Gasteiger charge is 2.11. The van der Waals surface area contributed by atoms with Crippen molar-refractivity contribution >= 4 is 0 Å². The van der Waals surface area contributed by atoms with E-state index in [0.717, 1.165) is 11.5 Å². The number of rotatable bonds is 5. The van der Waals surface area contributed by atoms with Crippen LogP contribution in [0.15, 0.2) is 16.5 Å². The first-order valence-electron chi connectivity index (χ1n) is 5.46. The van der Waals surface area contributed by atoms with Crippen molar-refractivity contribution in [3.05, 3.63) is 23.7 Å². The summed E-state index contributed by atoms with van der Waals surface area (Å²) in [5, 5.41) is 3.52. The molecule has 1 aromatic heterocycles. The maximum Gasteiger partial charge on any atom is 0.120 e. The molecule has 0 aliphatic heterocycles. The summed E-state index contributed by atoms with van der Waals surface area (Å²) < 4.78 is 5.56. The second-order valence-electron chi connectivity index (χ2n) is 4.03. The van der Waals surface area contributed by atoms with Crippen LogP contribution in [-0.2, 0) is 0 Å². The maximum atomic E-state index is 5.56. The second-order valence-corrected chi connectivity index (χ2v) is 4.03. The minimum absolute atomic E-state index is 0.310. The summed E-state index contributed by atoms with van der Waals surface area (Å²) in [5.41, 5.74) is 0. The number of hydrogen-bond acceptors (Lipinski definition) is 2. The highest BCUT2D eigenvalue weighted by molar-refractivity contribution is 5.08. The molecule has 80 valence electrons. The van der Waals surface area contributed by atoms with Crippen molar-refractivity contribution < 1.29 is 4.42 Å². The molecule has 2 unspecified atom stereocenters. The van der Waals surface area contributed by atoms with Crippen LogP contribution in [0, 0.1) is 6.92 Å². The van der Waals surface area contributed by atoms with Gasteiger partial charge in [-0.3, -0.25) is 0 Å². The predicted molar refractivity (Wildman–Crippen MR) is 59.4 cm³/mol. The Morgan fingerprint density at radius 1 is 1.36 bits per heavy atom. The molecule has 2 atom stereocenters. The lowest BCUT2D eigenvalue weighted by Crippen LogP contribution is -2.28. The second kappa shape index (κ2) is 5.20. The topological polar surface area (TPSA) is 25.2 Å². The van der Waals surface area contributed by atoms with E-state index < -0.39 is 0 Å². The zero-order valence-electron chi connectivity index (χ0n) is 9.63. The largest absolute Gasteiger partial charge is 0.465 e. The molecule has 0 aliphatic rings. The molecule has 0 bridgehead atoms. The van der Waals surface area contributed by atoms with E-state index >= 15 is 0 Å². The van der Waals surface area contributed by atoms with Crippen LogP contribution in [0.25, 0.3) is 0 Å². The first-order chi connectivity index (χ1) is 6.63. The van der Waals surface area contributed by atoms with Gasteiger partial charge in [-0.05, 0) is 39.3 Å². The SMILES string of the molecule is CCCC(C)NC(C)c1ccc(C)o1. The third-order valence-electron chi connectivity index (χ3n) is 2.44. The molecule has 1 heterocycles. The summed E-state index contributed by atoms with van der Waals surface area (Å²) in [4.78, 5) is 0. The summed E-state index contributed by atoms with van der Waals surface area (Å²) in [5.74, 6) is 2.02. The molecule has 2 heteroatoms. The van der Waals surface area contributed by atoms with Crippen molar-refractivity contribution in [1.29, 1.82) is 0 Å². The van der Waals surface area contributed by atoms with Crippen molar-refractivity contribution in [2.24, 2.45) is 0 Å². The number of hydrogen-bond donors (Lipinski definition) is 1. The van der Waals surface area contributed by atoms with Gasteiger partial charge in [0.1, 0.15) is 11.5 Å². The summed E-state index contributed by atoms with van der Waals surface area (Å²) in [7, 11) is 0. The molecule has 14 heavy (non-hydrogen) atoms. The molecule has 0 aliphatic carbocycles. The fourth-order valence-electron chi connectivity index (χ4n) is 1.71. The van der Waals surface area contributed by atoms with Crippen LogP contribution in [0.1, 0.15) is 51.2 Å². The molecule has 0 saturated carbocycles. The van der Waals surface area contributed by atoms with E-state index in [4.69, 9.17) is 4.42 Å². The van der Waals surface area contributed by atoms with Gasteiger partial charge in [-0.15, -0.1) is 0 Å². The van der Waals surface area contributed by atoms with Gasteiger partial charge < -0.3 is 9.73 Å². The van der Waals surface area contributed by atoms with Crippen LogP contribution < -0.4 is 5.32 Å². The van der Waals surface area contributed by atoms with Gasteiger partial charge in [0, 0.05) is 6.04 Å². The first kappa shape index (κ1) is 11.3. The Balaban J connectivity index is 2.45. The van der Waals surface area contributed by atoms with E-state index in [2.05, 4.69) is 26.1 Å². The van der Waals surface area contributed by atoms with Crippen molar-refractivity contribution in [1.82, 2.24) is 5.32 Å². The molecule has 1 N–H and O–H groups in total. The summed E-state index contributed by atoms with van der Waals surface area (Å²) in [6.45, 7) is 8.55. The smallest absolute Gasteiger partial charge is 0.120 e. The molecule has 1 aromatic rings. The van der Waals surface area contributed by atoms with E-state index in [0.29, 0.717) is 12.1 Å². The molecule has 0 aromatic carbocycles. The Morgan fingerprint density at radius 2 is 2.07 bits per heavy atom. The van der Waals surface area contributed by atoms with E-state index in [-0.39, 0.29) is 0 Å². The van der Waals surface area contributed by atoms with E-state index in [1.165, 1.54) is 12.8 Å². The lowest BCUT2D eigenvalue weighted by atomic mass is 10.1. The fraction of sp³-hybridized carbons (Fsp3) is 0.667. The Bertz CT molecular complexity index is 267. The van der Waals surface area contributed by atoms with Crippen molar-refractivity contribution in [2.45, 2.75) is 52.6 Å². The normalized spacial score (nSPS) is 15.4. The number of furan rings is 1. The molecular weight excluding hydrogens is 174 g/mol. The Hall–Kier alpha value is -0.760. The fourth-order valence-corrected chi connectivity index (χ4v) is 1.71. The van der Waals surface area contributed by atoms with E-state index in [9.17, 15) is 0 Å². The highest BCUT2D eigenvalue weighted by Crippen LogP contribution is 2.16. The molecule has 0 saturated heterocycles. The lowest BCUT2D eigenvalue weighted by molar-refractivity contribution is 0.379. The summed E-state index contributed by atoms with van der Waals surface area (Å²) >= 11 is 0. The van der Waals surface area contributed by atoms with E-state index in [1.54, 1.807) is 0 Å². The average Bonchev–Trinajstić information content (AvgIpc) is 2.52. The minimum Gasteiger partial charge on any atom is -0.465 e. The first-order valence-corrected chi connectivity index (χ1v) is 5.46. The van der Waals surface area contributed by atoms with Gasteiger partial charge in [0.05, 0.1) is 6.04 Å². The van der Waals surface area contributed by atoms with Gasteiger partial charge >= 0.3 is 0 Å². The highest BCUT2D eigenvalue weighted by atomic mass is 16.3. The standard InChI is InChI=1S/C12H21NO/c1-5-6-9(2)13-11(4)12-8-7-10(3)14-12/h7-9,11,13H,5-6H2,1-4H3. The zero-order valence-corrected chi connectivity index (χ0v) is 9.63. The third kappa shape index (κ3) is 3.18. The van der Waals surface area contributed by atoms with Crippen LogP contribution in [0.4, 0.5) is 0 Å². The van der Waals surface area contributed by atoms with Crippen molar-refractivity contribution in [2.75, 3.05) is 0 Å². The van der Waals surface area contributed by atoms with E-state index in [1.807, 2.05) is 19.1 Å². The molecule has 1 rings (SSSR count). The Morgan fingerprint density at radius 3 is 2.57 bits per heavy atom. The van der Waals surface area contributed by atoms with Gasteiger partial charge in [0.2, 0.25) is 0 Å². The lowest BCUT2D eigenvalue weighted by Gasteiger charge is -2.17. The minimum atomic E-state index is 0.310. The van der Waals surface area contributed by atoms with Crippen LogP contribution in [0.5, 0.6) is 0 Å². The van der Waals surface area contributed by atoms with Crippen molar-refractivity contribution in [3.63, 3.8) is 0 Å². The van der Waals surface area contributed by atoms with Gasteiger partial charge in [-0.2, -0.15) is 0 Å². The van der Waals surface area contributed by atoms with Gasteiger partial charge in [-0.25, -0.2) is 0 Å². The van der Waals surface area contributed by atoms with Gasteiger partial charge in [-0.1, -0.05) is 13.3 Å². The maximum absolute atomic E-state index is 5.56. The molecule has 0 fully saturated rings. The average molecular weight is 195 g/mol. The van der Waals surface area contributed by atoms with Gasteiger partial charge in [0.25, 0.3) is 0 Å². The molecule has 2 nitrogen and oxygen atoms in total. The van der Waals surface area contributed by atoms with Crippen LogP contribution >= 0.6 is 0 Å². The molecular formula is C12H21NO. The third-order valence-corrected chi connectivity index (χ3v) is 2.44. The number of nitrogens with one attached hydrogen (secondary N) is 1. The van der Waals surface area contributed by atoms with Crippen LogP contribution in [-0.4, -0.2) is 6.04 Å². The Kier molecular flexibility index (Phi) is 4.21. The summed E-state index contributed by atoms with van der Waals surface area (Å²) in [6, 6.07) is 4.93. The quantitative estimate of drug-likeness (QED) is 0.778. The Labute approximate surface area is 86.7 Å².